The minimum atomic E-state index is -1.11. The van der Waals surface area contributed by atoms with Crippen molar-refractivity contribution in [2.45, 2.75) is 4.90 Å². The van der Waals surface area contributed by atoms with Crippen molar-refractivity contribution in [1.29, 1.82) is 0 Å². The van der Waals surface area contributed by atoms with E-state index in [0.29, 0.717) is 28.3 Å². The maximum absolute atomic E-state index is 12.9. The topological polar surface area (TPSA) is 66.8 Å². The number of rotatable bonds is 4. The summed E-state index contributed by atoms with van der Waals surface area (Å²) in [6.07, 6.45) is 2.97. The highest BCUT2D eigenvalue weighted by Crippen LogP contribution is 2.41. The number of carboxylic acids is 1. The van der Waals surface area contributed by atoms with Gasteiger partial charge >= 0.3 is 5.97 Å². The number of ether oxygens (including phenoxy) is 1. The van der Waals surface area contributed by atoms with E-state index < -0.39 is 5.97 Å². The minimum Gasteiger partial charge on any atom is -0.497 e. The summed E-state index contributed by atoms with van der Waals surface area (Å²) in [5.41, 5.74) is 2.01. The third kappa shape index (κ3) is 2.65. The lowest BCUT2D eigenvalue weighted by Crippen LogP contribution is -2.23. The molecule has 0 radical (unpaired) electrons. The number of benzene rings is 2. The summed E-state index contributed by atoms with van der Waals surface area (Å²) in [7, 11) is 1.53. The molecule has 1 amide bonds. The molecule has 1 aliphatic heterocycles. The van der Waals surface area contributed by atoms with Crippen LogP contribution in [0.4, 0.5) is 5.69 Å². The van der Waals surface area contributed by atoms with E-state index in [9.17, 15) is 14.7 Å². The SMILES string of the molecule is COc1ccc2c(c1)C(=CC(=O)O)N(c1ccccc1SC)C2=O. The molecule has 0 fully saturated rings. The number of hydrogen-bond donors (Lipinski definition) is 1. The van der Waals surface area contributed by atoms with Gasteiger partial charge in [0, 0.05) is 22.1 Å². The molecule has 1 heterocycles. The molecular formula is C18H15NO4S. The number of carboxylic acid groups (broad SMARTS) is 1. The summed E-state index contributed by atoms with van der Waals surface area (Å²) in [5.74, 6) is -0.792. The van der Waals surface area contributed by atoms with Crippen LogP contribution >= 0.6 is 11.8 Å². The molecule has 2 aromatic carbocycles. The van der Waals surface area contributed by atoms with E-state index in [2.05, 4.69) is 0 Å². The highest BCUT2D eigenvalue weighted by molar-refractivity contribution is 7.98. The van der Waals surface area contributed by atoms with Crippen molar-refractivity contribution in [3.8, 4) is 5.75 Å². The van der Waals surface area contributed by atoms with Crippen molar-refractivity contribution in [2.75, 3.05) is 18.3 Å². The van der Waals surface area contributed by atoms with Crippen LogP contribution in [0.3, 0.4) is 0 Å². The number of carbonyl (C=O) groups excluding carboxylic acids is 1. The van der Waals surface area contributed by atoms with Gasteiger partial charge in [-0.15, -0.1) is 11.8 Å². The second-order valence-corrected chi connectivity index (χ2v) is 5.94. The number of thioether (sulfide) groups is 1. The van der Waals surface area contributed by atoms with Crippen molar-refractivity contribution in [3.63, 3.8) is 0 Å². The molecule has 0 aromatic heterocycles. The van der Waals surface area contributed by atoms with Gasteiger partial charge in [0.2, 0.25) is 0 Å². The number of hydrogen-bond acceptors (Lipinski definition) is 4. The first-order valence-electron chi connectivity index (χ1n) is 7.17. The molecule has 122 valence electrons. The lowest BCUT2D eigenvalue weighted by molar-refractivity contribution is -0.131. The number of aliphatic carboxylic acids is 1. The van der Waals surface area contributed by atoms with E-state index in [1.165, 1.54) is 23.8 Å². The molecule has 0 unspecified atom stereocenters. The van der Waals surface area contributed by atoms with Gasteiger partial charge in [0.25, 0.3) is 5.91 Å². The number of carbonyl (C=O) groups is 2. The second-order valence-electron chi connectivity index (χ2n) is 5.09. The first kappa shape index (κ1) is 16.1. The monoisotopic (exact) mass is 341 g/mol. The maximum atomic E-state index is 12.9. The highest BCUT2D eigenvalue weighted by Gasteiger charge is 2.35. The van der Waals surface area contributed by atoms with Crippen molar-refractivity contribution >= 4 is 35.0 Å². The largest absolute Gasteiger partial charge is 0.497 e. The fraction of sp³-hybridized carbons (Fsp3) is 0.111. The predicted molar refractivity (Wildman–Crippen MR) is 93.6 cm³/mol. The van der Waals surface area contributed by atoms with Crippen molar-refractivity contribution < 1.29 is 19.4 Å². The van der Waals surface area contributed by atoms with Gasteiger partial charge < -0.3 is 9.84 Å². The Morgan fingerprint density at radius 3 is 2.62 bits per heavy atom. The van der Waals surface area contributed by atoms with Gasteiger partial charge in [-0.2, -0.15) is 0 Å². The van der Waals surface area contributed by atoms with E-state index in [1.54, 1.807) is 18.2 Å². The Balaban J connectivity index is 2.23. The Labute approximate surface area is 143 Å². The molecule has 0 atom stereocenters. The smallest absolute Gasteiger partial charge is 0.330 e. The van der Waals surface area contributed by atoms with Crippen molar-refractivity contribution in [2.24, 2.45) is 0 Å². The van der Waals surface area contributed by atoms with Crippen LogP contribution in [0.15, 0.2) is 53.4 Å². The molecule has 1 aliphatic rings. The van der Waals surface area contributed by atoms with E-state index in [0.717, 1.165) is 11.0 Å². The molecule has 0 saturated heterocycles. The van der Waals surface area contributed by atoms with Crippen molar-refractivity contribution in [3.05, 3.63) is 59.7 Å². The van der Waals surface area contributed by atoms with Gasteiger partial charge in [-0.25, -0.2) is 4.79 Å². The molecule has 1 N–H and O–H groups in total. The molecule has 0 saturated carbocycles. The molecular weight excluding hydrogens is 326 g/mol. The Hall–Kier alpha value is -2.73. The number of anilines is 1. The van der Waals surface area contributed by atoms with Gasteiger partial charge in [0.05, 0.1) is 18.5 Å². The Morgan fingerprint density at radius 1 is 1.21 bits per heavy atom. The maximum Gasteiger partial charge on any atom is 0.330 e. The fourth-order valence-electron chi connectivity index (χ4n) is 2.71. The molecule has 5 nitrogen and oxygen atoms in total. The minimum absolute atomic E-state index is 0.248. The van der Waals surface area contributed by atoms with Crippen LogP contribution < -0.4 is 9.64 Å². The normalized spacial score (nSPS) is 14.8. The summed E-state index contributed by atoms with van der Waals surface area (Å²) in [5, 5.41) is 9.25. The molecule has 24 heavy (non-hydrogen) atoms. The quantitative estimate of drug-likeness (QED) is 0.681. The zero-order chi connectivity index (χ0) is 17.3. The summed E-state index contributed by atoms with van der Waals surface area (Å²) in [6.45, 7) is 0. The van der Waals surface area contributed by atoms with Crippen LogP contribution in [0, 0.1) is 0 Å². The van der Waals surface area contributed by atoms with E-state index in [-0.39, 0.29) is 5.91 Å². The lowest BCUT2D eigenvalue weighted by Gasteiger charge is -2.20. The Kier molecular flexibility index (Phi) is 4.31. The number of nitrogens with zero attached hydrogens (tertiary/aromatic N) is 1. The Bertz CT molecular complexity index is 860. The number of para-hydroxylation sites is 1. The van der Waals surface area contributed by atoms with Crippen molar-refractivity contribution in [1.82, 2.24) is 0 Å². The highest BCUT2D eigenvalue weighted by atomic mass is 32.2. The Morgan fingerprint density at radius 2 is 1.96 bits per heavy atom. The molecule has 6 heteroatoms. The van der Waals surface area contributed by atoms with Gasteiger partial charge in [0.1, 0.15) is 5.75 Å². The predicted octanol–water partition coefficient (Wildman–Crippen LogP) is 3.50. The molecule has 2 aromatic rings. The van der Waals surface area contributed by atoms with Gasteiger partial charge in [0.15, 0.2) is 0 Å². The van der Waals surface area contributed by atoms with E-state index in [1.807, 2.05) is 30.5 Å². The standard InChI is InChI=1S/C18H15NO4S/c1-23-11-7-8-12-13(9-11)15(10-17(20)21)19(18(12)22)14-5-3-4-6-16(14)24-2/h3-10H,1-2H3,(H,20,21). The zero-order valence-corrected chi connectivity index (χ0v) is 14.0. The van der Waals surface area contributed by atoms with E-state index >= 15 is 0 Å². The summed E-state index contributed by atoms with van der Waals surface area (Å²) in [4.78, 5) is 26.5. The number of methoxy groups -OCH3 is 1. The number of amides is 1. The van der Waals surface area contributed by atoms with Crippen LogP contribution in [-0.2, 0) is 4.79 Å². The third-order valence-corrected chi connectivity index (χ3v) is 4.55. The van der Waals surface area contributed by atoms with Crippen LogP contribution in [0.1, 0.15) is 15.9 Å². The summed E-state index contributed by atoms with van der Waals surface area (Å²) in [6, 6.07) is 12.4. The lowest BCUT2D eigenvalue weighted by atomic mass is 10.1. The second kappa shape index (κ2) is 6.41. The van der Waals surface area contributed by atoms with Gasteiger partial charge in [-0.3, -0.25) is 9.69 Å². The summed E-state index contributed by atoms with van der Waals surface area (Å²) < 4.78 is 5.21. The average Bonchev–Trinajstić information content (AvgIpc) is 2.85. The fourth-order valence-corrected chi connectivity index (χ4v) is 3.30. The van der Waals surface area contributed by atoms with Crippen LogP contribution in [-0.4, -0.2) is 30.3 Å². The third-order valence-electron chi connectivity index (χ3n) is 3.76. The van der Waals surface area contributed by atoms with Crippen LogP contribution in [0.5, 0.6) is 5.75 Å². The molecule has 3 rings (SSSR count). The number of fused-ring (bicyclic) bond motifs is 1. The molecule has 0 aliphatic carbocycles. The first-order chi connectivity index (χ1) is 11.6. The molecule has 0 spiro atoms. The zero-order valence-electron chi connectivity index (χ0n) is 13.1. The van der Waals surface area contributed by atoms with Crippen LogP contribution in [0.25, 0.3) is 5.70 Å². The van der Waals surface area contributed by atoms with Crippen LogP contribution in [0.2, 0.25) is 0 Å². The van der Waals surface area contributed by atoms with Gasteiger partial charge in [-0.1, -0.05) is 12.1 Å². The average molecular weight is 341 g/mol. The summed E-state index contributed by atoms with van der Waals surface area (Å²) >= 11 is 1.50. The van der Waals surface area contributed by atoms with Gasteiger partial charge in [-0.05, 0) is 36.6 Å². The first-order valence-corrected chi connectivity index (χ1v) is 8.39. The molecule has 0 bridgehead atoms. The van der Waals surface area contributed by atoms with E-state index in [4.69, 9.17) is 4.74 Å².